The Hall–Kier alpha value is -3.01. The van der Waals surface area contributed by atoms with Crippen molar-refractivity contribution in [1.29, 1.82) is 0 Å². The maximum atomic E-state index is 14.1. The molecule has 4 amide bonds. The van der Waals surface area contributed by atoms with Crippen molar-refractivity contribution in [1.82, 2.24) is 21.3 Å². The lowest BCUT2D eigenvalue weighted by Gasteiger charge is -2.24. The summed E-state index contributed by atoms with van der Waals surface area (Å²) in [6.07, 6.45) is 33.0. The summed E-state index contributed by atoms with van der Waals surface area (Å²) in [6.45, 7) is 5.44. The highest BCUT2D eigenvalue weighted by Gasteiger charge is 2.29. The van der Waals surface area contributed by atoms with Crippen LogP contribution in [0.3, 0.4) is 0 Å². The van der Waals surface area contributed by atoms with Gasteiger partial charge in [-0.25, -0.2) is 0 Å². The lowest BCUT2D eigenvalue weighted by Crippen LogP contribution is -2.55. The summed E-state index contributed by atoms with van der Waals surface area (Å²) in [4.78, 5) is 79.5. The van der Waals surface area contributed by atoms with Crippen molar-refractivity contribution >= 4 is 67.6 Å². The van der Waals surface area contributed by atoms with Gasteiger partial charge in [0.1, 0.15) is 24.8 Å². The fourth-order valence-electron chi connectivity index (χ4n) is 8.50. The molecule has 3 atom stereocenters. The zero-order valence-electron chi connectivity index (χ0n) is 47.2. The number of thioether (sulfide) groups is 1. The van der Waals surface area contributed by atoms with E-state index < -0.39 is 105 Å². The van der Waals surface area contributed by atoms with Gasteiger partial charge < -0.3 is 30.7 Å². The van der Waals surface area contributed by atoms with Crippen LogP contribution < -0.4 is 21.3 Å². The van der Waals surface area contributed by atoms with Gasteiger partial charge in [0.2, 0.25) is 23.6 Å². The zero-order valence-corrected chi connectivity index (χ0v) is 49.6. The van der Waals surface area contributed by atoms with E-state index in [1.807, 2.05) is 0 Å². The SMILES string of the molecule is CCCCCCCCCCCCCCCC(=O)N[C@@H](CSCC(COC(=O)CCCCCCCCCCC)OC(=O)CCCCCCCCCCC)C(=O)N[C@@H](CCC(=O)NCCS(=O)(=O)O)C(=O)NCCS(=O)(=O)O. The monoisotopic (exact) mass is 1140 g/mol. The second-order valence-electron chi connectivity index (χ2n) is 20.4. The first-order valence-electron chi connectivity index (χ1n) is 29.4. The minimum atomic E-state index is -4.47. The molecule has 6 N–H and O–H groups in total. The van der Waals surface area contributed by atoms with Gasteiger partial charge in [0.25, 0.3) is 20.2 Å². The highest BCUT2D eigenvalue weighted by Crippen LogP contribution is 2.17. The number of unbranched alkanes of at least 4 members (excludes halogenated alkanes) is 28. The standard InChI is InChI=1S/C55H104N4O14S3/c1-4-7-10-13-16-19-20-21-22-25-26-29-32-35-51(61)58-49(55(65)59-48(54(64)57-41-43-76(69,70)71)38-39-50(60)56-40-42-75(66,67)68)46-74-45-47(73-53(63)37-34-31-28-24-18-15-12-9-6-3)44-72-52(62)36-33-30-27-23-17-14-11-8-5-2/h47-49H,4-46H2,1-3H3,(H,56,60)(H,57,64)(H,58,61)(H,59,65)(H,66,67,68)(H,69,70,71)/t47?,48-,49-/m0/s1. The second kappa shape index (κ2) is 49.1. The summed E-state index contributed by atoms with van der Waals surface area (Å²) in [5.41, 5.74) is 0. The number of carbonyl (C=O) groups is 6. The van der Waals surface area contributed by atoms with Gasteiger partial charge >= 0.3 is 11.9 Å². The summed E-state index contributed by atoms with van der Waals surface area (Å²) >= 11 is 1.17. The van der Waals surface area contributed by atoms with Gasteiger partial charge in [-0.05, 0) is 25.7 Å². The smallest absolute Gasteiger partial charge is 0.306 e. The minimum absolute atomic E-state index is 0.0674. The molecule has 0 aliphatic carbocycles. The molecule has 0 aromatic rings. The first-order valence-corrected chi connectivity index (χ1v) is 33.7. The zero-order chi connectivity index (χ0) is 56.6. The Bertz CT molecular complexity index is 1760. The van der Waals surface area contributed by atoms with Crippen molar-refractivity contribution in [3.63, 3.8) is 0 Å². The minimum Gasteiger partial charge on any atom is -0.462 e. The Balaban J connectivity index is 6.00. The summed E-state index contributed by atoms with van der Waals surface area (Å²) in [6, 6.07) is -2.70. The van der Waals surface area contributed by atoms with Crippen molar-refractivity contribution in [2.45, 2.75) is 270 Å². The first kappa shape index (κ1) is 73.0. The summed E-state index contributed by atoms with van der Waals surface area (Å²) < 4.78 is 74.8. The Morgan fingerprint density at radius 1 is 0.434 bits per heavy atom. The molecule has 18 nitrogen and oxygen atoms in total. The van der Waals surface area contributed by atoms with Crippen LogP contribution in [-0.4, -0.2) is 122 Å². The number of carbonyl (C=O) groups excluding carboxylic acids is 6. The third kappa shape index (κ3) is 49.3. The van der Waals surface area contributed by atoms with Gasteiger partial charge in [0.05, 0.1) is 11.5 Å². The summed E-state index contributed by atoms with van der Waals surface area (Å²) in [5, 5.41) is 9.97. The van der Waals surface area contributed by atoms with E-state index in [-0.39, 0.29) is 43.8 Å². The average Bonchev–Trinajstić information content (AvgIpc) is 3.35. The fourth-order valence-corrected chi connectivity index (χ4v) is 10.3. The van der Waals surface area contributed by atoms with Crippen LogP contribution in [-0.2, 0) is 58.5 Å². The van der Waals surface area contributed by atoms with Crippen LogP contribution in [0.5, 0.6) is 0 Å². The molecule has 0 rings (SSSR count). The number of esters is 2. The molecular formula is C55H104N4O14S3. The lowest BCUT2D eigenvalue weighted by molar-refractivity contribution is -0.157. The van der Waals surface area contributed by atoms with Crippen LogP contribution in [0.2, 0.25) is 0 Å². The third-order valence-corrected chi connectivity index (χ3v) is 15.7. The van der Waals surface area contributed by atoms with Gasteiger partial charge in [-0.2, -0.15) is 28.6 Å². The van der Waals surface area contributed by atoms with Crippen molar-refractivity contribution in [3.8, 4) is 0 Å². The van der Waals surface area contributed by atoms with E-state index in [4.69, 9.17) is 14.0 Å². The number of hydrogen-bond donors (Lipinski definition) is 6. The Labute approximate surface area is 463 Å². The summed E-state index contributed by atoms with van der Waals surface area (Å²) in [7, 11) is -8.84. The predicted octanol–water partition coefficient (Wildman–Crippen LogP) is 10.3. The molecule has 0 saturated heterocycles. The Morgan fingerprint density at radius 3 is 1.26 bits per heavy atom. The molecule has 0 spiro atoms. The molecule has 0 bridgehead atoms. The number of ether oxygens (including phenoxy) is 2. The van der Waals surface area contributed by atoms with Gasteiger partial charge in [0, 0.05) is 50.3 Å². The molecule has 0 aliphatic heterocycles. The van der Waals surface area contributed by atoms with Crippen molar-refractivity contribution < 1.29 is 64.2 Å². The van der Waals surface area contributed by atoms with E-state index in [0.717, 1.165) is 70.6 Å². The molecule has 0 aromatic heterocycles. The average molecular weight is 1140 g/mol. The number of nitrogens with one attached hydrogen (secondary N) is 4. The molecule has 0 fully saturated rings. The van der Waals surface area contributed by atoms with E-state index in [1.165, 1.54) is 121 Å². The maximum Gasteiger partial charge on any atom is 0.306 e. The highest BCUT2D eigenvalue weighted by atomic mass is 32.2. The molecular weight excluding hydrogens is 1040 g/mol. The Kier molecular flexibility index (Phi) is 47.1. The number of hydrogen-bond acceptors (Lipinski definition) is 13. The fraction of sp³-hybridized carbons (Fsp3) is 0.891. The van der Waals surface area contributed by atoms with E-state index in [9.17, 15) is 50.2 Å². The Morgan fingerprint density at radius 2 is 0.829 bits per heavy atom. The highest BCUT2D eigenvalue weighted by molar-refractivity contribution is 7.99. The van der Waals surface area contributed by atoms with Gasteiger partial charge in [-0.3, -0.25) is 37.9 Å². The van der Waals surface area contributed by atoms with Gasteiger partial charge in [-0.1, -0.05) is 201 Å². The molecule has 0 aromatic carbocycles. The van der Waals surface area contributed by atoms with Crippen molar-refractivity contribution in [3.05, 3.63) is 0 Å². The van der Waals surface area contributed by atoms with Crippen molar-refractivity contribution in [2.75, 3.05) is 42.7 Å². The second-order valence-corrected chi connectivity index (χ2v) is 24.6. The molecule has 0 aliphatic rings. The quantitative estimate of drug-likeness (QED) is 0.0188. The largest absolute Gasteiger partial charge is 0.462 e. The van der Waals surface area contributed by atoms with Crippen LogP contribution >= 0.6 is 11.8 Å². The third-order valence-electron chi connectivity index (χ3n) is 13.1. The van der Waals surface area contributed by atoms with E-state index in [1.54, 1.807) is 0 Å². The van der Waals surface area contributed by atoms with Crippen LogP contribution in [0.1, 0.15) is 252 Å². The van der Waals surface area contributed by atoms with Gasteiger partial charge in [0.15, 0.2) is 0 Å². The van der Waals surface area contributed by atoms with E-state index in [2.05, 4.69) is 42.0 Å². The van der Waals surface area contributed by atoms with Crippen molar-refractivity contribution in [2.24, 2.45) is 0 Å². The van der Waals surface area contributed by atoms with Crippen LogP contribution in [0.4, 0.5) is 0 Å². The van der Waals surface area contributed by atoms with E-state index >= 15 is 0 Å². The number of amides is 4. The maximum absolute atomic E-state index is 14.1. The number of rotatable bonds is 54. The molecule has 0 radical (unpaired) electrons. The molecule has 0 saturated carbocycles. The molecule has 21 heteroatoms. The molecule has 0 heterocycles. The normalized spacial score (nSPS) is 12.9. The molecule has 1 unspecified atom stereocenters. The lowest BCUT2D eigenvalue weighted by atomic mass is 10.0. The topological polar surface area (TPSA) is 278 Å². The van der Waals surface area contributed by atoms with Crippen LogP contribution in [0.15, 0.2) is 0 Å². The summed E-state index contributed by atoms with van der Waals surface area (Å²) in [5.74, 6) is -5.22. The van der Waals surface area contributed by atoms with Gasteiger partial charge in [-0.15, -0.1) is 0 Å². The van der Waals surface area contributed by atoms with Crippen LogP contribution in [0.25, 0.3) is 0 Å². The van der Waals surface area contributed by atoms with E-state index in [0.29, 0.717) is 19.3 Å². The van der Waals surface area contributed by atoms with Crippen LogP contribution in [0, 0.1) is 0 Å². The molecule has 446 valence electrons. The predicted molar refractivity (Wildman–Crippen MR) is 304 cm³/mol. The first-order chi connectivity index (χ1) is 36.4. The molecule has 76 heavy (non-hydrogen) atoms.